The lowest BCUT2D eigenvalue weighted by atomic mass is 10.1. The molecule has 0 saturated carbocycles. The first-order valence-corrected chi connectivity index (χ1v) is 7.17. The van der Waals surface area contributed by atoms with Crippen molar-refractivity contribution in [1.82, 2.24) is 9.78 Å². The predicted octanol–water partition coefficient (Wildman–Crippen LogP) is 2.88. The van der Waals surface area contributed by atoms with Crippen LogP contribution in [0.2, 0.25) is 0 Å². The molecule has 0 fully saturated rings. The van der Waals surface area contributed by atoms with Crippen molar-refractivity contribution >= 4 is 33.9 Å². The molecular formula is C11H14IN3S. The molecule has 3 nitrogen and oxygen atoms in total. The molecule has 16 heavy (non-hydrogen) atoms. The topological polar surface area (TPSA) is 43.8 Å². The van der Waals surface area contributed by atoms with Crippen molar-refractivity contribution in [2.75, 3.05) is 0 Å². The number of aromatic nitrogens is 2. The van der Waals surface area contributed by atoms with Crippen molar-refractivity contribution in [3.05, 3.63) is 38.4 Å². The first-order valence-electron chi connectivity index (χ1n) is 5.21. The van der Waals surface area contributed by atoms with Gasteiger partial charge in [-0.3, -0.25) is 4.68 Å². The van der Waals surface area contributed by atoms with E-state index < -0.39 is 0 Å². The molecule has 2 aromatic rings. The third kappa shape index (κ3) is 2.46. The van der Waals surface area contributed by atoms with E-state index >= 15 is 0 Å². The van der Waals surface area contributed by atoms with Gasteiger partial charge in [0, 0.05) is 17.1 Å². The van der Waals surface area contributed by atoms with Crippen LogP contribution in [0.15, 0.2) is 29.9 Å². The summed E-state index contributed by atoms with van der Waals surface area (Å²) in [5.41, 5.74) is 6.19. The van der Waals surface area contributed by atoms with E-state index in [4.69, 9.17) is 5.73 Å². The number of nitrogens with two attached hydrogens (primary N) is 1. The molecule has 2 aromatic heterocycles. The van der Waals surface area contributed by atoms with Crippen molar-refractivity contribution < 1.29 is 0 Å². The van der Waals surface area contributed by atoms with Gasteiger partial charge < -0.3 is 5.73 Å². The van der Waals surface area contributed by atoms with E-state index in [0.717, 1.165) is 9.99 Å². The van der Waals surface area contributed by atoms with Crippen molar-refractivity contribution in [2.24, 2.45) is 5.73 Å². The van der Waals surface area contributed by atoms with Gasteiger partial charge in [0.25, 0.3) is 0 Å². The summed E-state index contributed by atoms with van der Waals surface area (Å²) in [6.07, 6.45) is 4.85. The summed E-state index contributed by atoms with van der Waals surface area (Å²) in [5, 5.41) is 6.46. The lowest BCUT2D eigenvalue weighted by Gasteiger charge is -2.22. The van der Waals surface area contributed by atoms with Crippen LogP contribution in [0.5, 0.6) is 0 Å². The van der Waals surface area contributed by atoms with Gasteiger partial charge in [-0.1, -0.05) is 13.0 Å². The zero-order valence-electron chi connectivity index (χ0n) is 9.01. The largest absolute Gasteiger partial charge is 0.326 e. The Kier molecular flexibility index (Phi) is 3.99. The normalized spacial score (nSPS) is 14.9. The SMILES string of the molecule is CCC(N)C(c1cccs1)n1cc(I)cn1. The lowest BCUT2D eigenvalue weighted by Crippen LogP contribution is -2.32. The number of rotatable bonds is 4. The summed E-state index contributed by atoms with van der Waals surface area (Å²) in [5.74, 6) is 0. The molecule has 0 aliphatic heterocycles. The van der Waals surface area contributed by atoms with E-state index in [1.807, 2.05) is 17.1 Å². The Labute approximate surface area is 113 Å². The lowest BCUT2D eigenvalue weighted by molar-refractivity contribution is 0.429. The van der Waals surface area contributed by atoms with Crippen LogP contribution >= 0.6 is 33.9 Å². The van der Waals surface area contributed by atoms with Gasteiger partial charge in [-0.05, 0) is 40.5 Å². The first-order chi connectivity index (χ1) is 7.72. The first kappa shape index (κ1) is 12.1. The van der Waals surface area contributed by atoms with E-state index in [9.17, 15) is 0 Å². The van der Waals surface area contributed by atoms with E-state index in [0.29, 0.717) is 0 Å². The van der Waals surface area contributed by atoms with Crippen LogP contribution in [-0.2, 0) is 0 Å². The Balaban J connectivity index is 2.35. The molecule has 0 saturated heterocycles. The second-order valence-electron chi connectivity index (χ2n) is 3.67. The zero-order chi connectivity index (χ0) is 11.5. The summed E-state index contributed by atoms with van der Waals surface area (Å²) >= 11 is 4.00. The highest BCUT2D eigenvalue weighted by molar-refractivity contribution is 14.1. The standard InChI is InChI=1S/C11H14IN3S/c1-2-9(13)11(10-4-3-5-16-10)15-7-8(12)6-14-15/h3-7,9,11H,2,13H2,1H3. The molecule has 2 rings (SSSR count). The van der Waals surface area contributed by atoms with Gasteiger partial charge in [0.1, 0.15) is 6.04 Å². The Hall–Kier alpha value is -0.400. The average molecular weight is 347 g/mol. The smallest absolute Gasteiger partial charge is 0.101 e. The van der Waals surface area contributed by atoms with Crippen LogP contribution in [0.4, 0.5) is 0 Å². The minimum atomic E-state index is 0.106. The zero-order valence-corrected chi connectivity index (χ0v) is 12.0. The van der Waals surface area contributed by atoms with E-state index in [2.05, 4.69) is 52.1 Å². The van der Waals surface area contributed by atoms with Gasteiger partial charge in [-0.15, -0.1) is 11.3 Å². The molecule has 2 heterocycles. The van der Waals surface area contributed by atoms with Crippen LogP contribution in [0.1, 0.15) is 24.3 Å². The second-order valence-corrected chi connectivity index (χ2v) is 5.90. The fraction of sp³-hybridized carbons (Fsp3) is 0.364. The second kappa shape index (κ2) is 5.29. The maximum absolute atomic E-state index is 6.19. The maximum Gasteiger partial charge on any atom is 0.101 e. The molecule has 2 unspecified atom stereocenters. The summed E-state index contributed by atoms with van der Waals surface area (Å²) in [6, 6.07) is 4.45. The fourth-order valence-electron chi connectivity index (χ4n) is 1.69. The fourth-order valence-corrected chi connectivity index (χ4v) is 2.99. The van der Waals surface area contributed by atoms with Gasteiger partial charge in [0.05, 0.1) is 9.77 Å². The third-order valence-electron chi connectivity index (χ3n) is 2.57. The summed E-state index contributed by atoms with van der Waals surface area (Å²) in [6.45, 7) is 2.11. The van der Waals surface area contributed by atoms with Crippen LogP contribution < -0.4 is 5.73 Å². The summed E-state index contributed by atoms with van der Waals surface area (Å²) < 4.78 is 3.12. The molecule has 0 aliphatic rings. The van der Waals surface area contributed by atoms with Crippen LogP contribution in [0, 0.1) is 3.57 Å². The predicted molar refractivity (Wildman–Crippen MR) is 75.7 cm³/mol. The quantitative estimate of drug-likeness (QED) is 0.865. The molecule has 0 aliphatic carbocycles. The number of nitrogens with zero attached hydrogens (tertiary/aromatic N) is 2. The molecule has 0 aromatic carbocycles. The average Bonchev–Trinajstić information content (AvgIpc) is 2.91. The van der Waals surface area contributed by atoms with Gasteiger partial charge in [-0.25, -0.2) is 0 Å². The molecule has 2 N–H and O–H groups in total. The van der Waals surface area contributed by atoms with E-state index in [-0.39, 0.29) is 12.1 Å². The Morgan fingerprint density at radius 2 is 2.44 bits per heavy atom. The Morgan fingerprint density at radius 3 is 2.94 bits per heavy atom. The molecule has 2 atom stereocenters. The molecular weight excluding hydrogens is 333 g/mol. The van der Waals surface area contributed by atoms with E-state index in [1.165, 1.54) is 4.88 Å². The number of thiophene rings is 1. The maximum atomic E-state index is 6.19. The van der Waals surface area contributed by atoms with E-state index in [1.54, 1.807) is 11.3 Å². The minimum absolute atomic E-state index is 0.106. The number of hydrogen-bond donors (Lipinski definition) is 1. The van der Waals surface area contributed by atoms with Crippen LogP contribution in [0.25, 0.3) is 0 Å². The van der Waals surface area contributed by atoms with Crippen molar-refractivity contribution in [3.63, 3.8) is 0 Å². The van der Waals surface area contributed by atoms with Gasteiger partial charge in [-0.2, -0.15) is 5.10 Å². The summed E-state index contributed by atoms with van der Waals surface area (Å²) in [4.78, 5) is 1.27. The summed E-state index contributed by atoms with van der Waals surface area (Å²) in [7, 11) is 0. The molecule has 0 bridgehead atoms. The highest BCUT2D eigenvalue weighted by atomic mass is 127. The molecule has 0 radical (unpaired) electrons. The van der Waals surface area contributed by atoms with Gasteiger partial charge in [0.15, 0.2) is 0 Å². The van der Waals surface area contributed by atoms with Crippen LogP contribution in [-0.4, -0.2) is 15.8 Å². The highest BCUT2D eigenvalue weighted by Crippen LogP contribution is 2.26. The Bertz CT molecular complexity index is 438. The van der Waals surface area contributed by atoms with Gasteiger partial charge in [0.2, 0.25) is 0 Å². The molecule has 86 valence electrons. The van der Waals surface area contributed by atoms with Crippen LogP contribution in [0.3, 0.4) is 0 Å². The molecule has 0 amide bonds. The number of hydrogen-bond acceptors (Lipinski definition) is 3. The highest BCUT2D eigenvalue weighted by Gasteiger charge is 2.22. The monoisotopic (exact) mass is 347 g/mol. The van der Waals surface area contributed by atoms with Crippen molar-refractivity contribution in [3.8, 4) is 0 Å². The molecule has 5 heteroatoms. The van der Waals surface area contributed by atoms with Crippen molar-refractivity contribution in [1.29, 1.82) is 0 Å². The Morgan fingerprint density at radius 1 is 1.62 bits per heavy atom. The molecule has 0 spiro atoms. The van der Waals surface area contributed by atoms with Gasteiger partial charge >= 0.3 is 0 Å². The van der Waals surface area contributed by atoms with Crippen molar-refractivity contribution in [2.45, 2.75) is 25.4 Å². The third-order valence-corrected chi connectivity index (χ3v) is 4.07. The minimum Gasteiger partial charge on any atom is -0.326 e. The number of halogens is 1.